The number of hydrogen-bond donors (Lipinski definition) is 4. The number of ether oxygens (including phenoxy) is 9. The molecule has 2 heterocycles. The first-order valence-electron chi connectivity index (χ1n) is 48.2. The highest BCUT2D eigenvalue weighted by Gasteiger charge is 2.21. The van der Waals surface area contributed by atoms with Crippen LogP contribution in [0.4, 0.5) is 0 Å². The number of phenols is 2. The Labute approximate surface area is 882 Å². The zero-order chi connectivity index (χ0) is 111. The average molecular weight is 2060 g/mol. The van der Waals surface area contributed by atoms with Gasteiger partial charge in [0, 0.05) is 69.4 Å². The summed E-state index contributed by atoms with van der Waals surface area (Å²) in [5.74, 6) is -3.36. The van der Waals surface area contributed by atoms with Crippen LogP contribution in [0.1, 0.15) is 285 Å². The van der Waals surface area contributed by atoms with Gasteiger partial charge in [0.2, 0.25) is 0 Å². The summed E-state index contributed by atoms with van der Waals surface area (Å²) < 4.78 is 43.1. The molecule has 2 unspecified atom stereocenters. The number of ketones is 2. The first-order valence-corrected chi connectivity index (χ1v) is 48.2. The van der Waals surface area contributed by atoms with Gasteiger partial charge in [-0.25, -0.2) is 24.0 Å². The van der Waals surface area contributed by atoms with Crippen LogP contribution in [0.25, 0.3) is 33.4 Å². The summed E-state index contributed by atoms with van der Waals surface area (Å²) in [6.07, 6.45) is -1.07. The molecule has 148 heavy (non-hydrogen) atoms. The van der Waals surface area contributed by atoms with Crippen molar-refractivity contribution in [3.05, 3.63) is 297 Å². The summed E-state index contributed by atoms with van der Waals surface area (Å²) in [6.45, 7) is 71.4. The van der Waals surface area contributed by atoms with E-state index in [1.54, 1.807) is 86.6 Å². The van der Waals surface area contributed by atoms with Gasteiger partial charge in [-0.3, -0.25) is 28.8 Å². The molecular weight excluding hydrogens is 1890 g/mol. The number of aliphatic hydroxyl groups excluding tert-OH is 2. The molecule has 10 rings (SSSR count). The van der Waals surface area contributed by atoms with Gasteiger partial charge in [-0.05, 0) is 177 Å². The normalized spacial score (nSPS) is 9.68. The number of fused-ring (bicyclic) bond motifs is 2. The van der Waals surface area contributed by atoms with Gasteiger partial charge >= 0.3 is 53.7 Å². The fourth-order valence-corrected chi connectivity index (χ4v) is 10.5. The van der Waals surface area contributed by atoms with Gasteiger partial charge in [-0.1, -0.05) is 301 Å². The molecule has 0 aliphatic heterocycles. The Morgan fingerprint density at radius 2 is 0.581 bits per heavy atom. The van der Waals surface area contributed by atoms with Crippen molar-refractivity contribution in [1.29, 1.82) is 0 Å². The fraction of sp³-hybridized carbons (Fsp3) is 0.415. The topological polar surface area (TPSA) is 413 Å². The summed E-state index contributed by atoms with van der Waals surface area (Å²) in [4.78, 5) is 126. The smallest absolute Gasteiger partial charge is 0.333 e. The maximum Gasteiger partial charge on any atom is 0.333 e. The van der Waals surface area contributed by atoms with E-state index in [2.05, 4.69) is 81.7 Å². The van der Waals surface area contributed by atoms with E-state index in [9.17, 15) is 73.2 Å². The lowest BCUT2D eigenvalue weighted by Gasteiger charge is -2.11. The molecule has 0 spiro atoms. The van der Waals surface area contributed by atoms with Crippen LogP contribution in [0.15, 0.2) is 231 Å². The Kier molecular flexibility index (Phi) is 87.0. The third-order valence-electron chi connectivity index (χ3n) is 17.8. The number of carbonyl (C=O) groups excluding carboxylic acids is 11. The molecule has 0 amide bonds. The van der Waals surface area contributed by atoms with E-state index in [-0.39, 0.29) is 147 Å². The molecule has 4 N–H and O–H groups in total. The quantitative estimate of drug-likeness (QED) is 0.01000. The van der Waals surface area contributed by atoms with Crippen molar-refractivity contribution in [2.24, 2.45) is 5.92 Å². The number of aromatic nitrogens is 6. The van der Waals surface area contributed by atoms with Crippen LogP contribution in [0.5, 0.6) is 11.5 Å². The molecule has 30 nitrogen and oxygen atoms in total. The van der Waals surface area contributed by atoms with Crippen LogP contribution in [-0.2, 0) is 98.8 Å². The molecule has 0 fully saturated rings. The van der Waals surface area contributed by atoms with Gasteiger partial charge < -0.3 is 63.1 Å². The second kappa shape index (κ2) is 86.6. The van der Waals surface area contributed by atoms with Gasteiger partial charge in [0.15, 0.2) is 11.6 Å². The Morgan fingerprint density at radius 3 is 0.851 bits per heavy atom. The van der Waals surface area contributed by atoms with Crippen molar-refractivity contribution in [3.63, 3.8) is 0 Å². The first kappa shape index (κ1) is 149. The Balaban J connectivity index is -0.000000254. The van der Waals surface area contributed by atoms with Crippen molar-refractivity contribution in [2.75, 3.05) is 52.9 Å². The number of aliphatic hydroxyl groups is 2. The summed E-state index contributed by atoms with van der Waals surface area (Å²) in [7, 11) is 0. The standard InChI is InChI=1S/C22H23N3O5.C18H17N3O3.2C15H14O.2C10H16O5.C6H12O2.C6H10O2.6C2H6.4CH4/c1-14(2)22(28)30-10-6-9-29-20(26)13-16-11-15(3)21(27)19(12-16)25-23-17-7-4-5-8-18(17)24-25;1-11(2)18(23)24-10-13-8-12(3)17(22)16(9-13)21-19-14-6-4-5-7-15(14)20-21;2*1-11-7-3-5-9-13(11)15(16)14-10-6-4-8-12(14)2;2*1-4-9(12)14-5-8(11)6-15-10(13)7(2)3;2*1-4-8-6(7)5(2)3;6*1-2;;;;/h4-5,7-8,11-12,27H,1,6,9-10,13H2,2-3H3;4-9,22H,1,10H2,2-3H3;2*3-10H,1-2H3;2*8,11H,2,4-6H2,1,3H3;5H,4H2,1-3H3;2,4H2,1,3H3;6*1-2H3;4*1H4. The van der Waals surface area contributed by atoms with E-state index in [0.29, 0.717) is 75.5 Å². The lowest BCUT2D eigenvalue weighted by atomic mass is 9.96. The molecule has 0 aliphatic carbocycles. The van der Waals surface area contributed by atoms with Gasteiger partial charge in [0.05, 0.1) is 38.8 Å². The highest BCUT2D eigenvalue weighted by molar-refractivity contribution is 6.11. The molecule has 10 aromatic rings. The summed E-state index contributed by atoms with van der Waals surface area (Å²) in [5, 5.41) is 56.8. The third kappa shape index (κ3) is 59.1. The summed E-state index contributed by atoms with van der Waals surface area (Å²) >= 11 is 0. The highest BCUT2D eigenvalue weighted by atomic mass is 16.6. The van der Waals surface area contributed by atoms with E-state index >= 15 is 0 Å². The SMILES string of the molecule is C.C.C.C.C=C(C)C(=O)OCC.C=C(C)C(=O)OCC(O)COC(=O)CC.C=C(C)C(=O)OCC(O)COC(=O)CC.C=C(C)C(=O)OCCCOC(=O)Cc1cc(C)c(O)c(-n2nc3ccccc3n2)c1.C=C(C)C(=O)OCc1cc(C)c(O)c(-n2nc3ccccc3n2)c1.CC.CC.CC.CC.CC.CC.CCOC(=O)C(C)C.Cc1ccccc1C(=O)c1ccccc1C.Cc1ccccc1C(=O)c1ccccc1C. The minimum absolute atomic E-state index is 0. The van der Waals surface area contributed by atoms with E-state index in [1.807, 2.05) is 270 Å². The summed E-state index contributed by atoms with van der Waals surface area (Å²) in [5.41, 5.74) is 15.2. The maximum absolute atomic E-state index is 12.3. The average Bonchev–Trinajstić information content (AvgIpc) is 1.65. The predicted octanol–water partition coefficient (Wildman–Crippen LogP) is 25.0. The number of esters is 9. The van der Waals surface area contributed by atoms with Crippen LogP contribution in [0.2, 0.25) is 0 Å². The van der Waals surface area contributed by atoms with E-state index in [4.69, 9.17) is 14.2 Å². The number of carbonyl (C=O) groups is 11. The predicted molar refractivity (Wildman–Crippen MR) is 596 cm³/mol. The first-order chi connectivity index (χ1) is 68.5. The van der Waals surface area contributed by atoms with Gasteiger partial charge in [0.25, 0.3) is 0 Å². The molecule has 2 atom stereocenters. The minimum atomic E-state index is -0.996. The molecule has 0 saturated heterocycles. The largest absolute Gasteiger partial charge is 0.505 e. The molecule has 0 aliphatic rings. The molecule has 2 aromatic heterocycles. The Morgan fingerprint density at radius 1 is 0.324 bits per heavy atom. The van der Waals surface area contributed by atoms with Crippen LogP contribution in [0.3, 0.4) is 0 Å². The van der Waals surface area contributed by atoms with Crippen molar-refractivity contribution in [3.8, 4) is 22.9 Å². The minimum Gasteiger partial charge on any atom is -0.505 e. The number of nitrogens with zero attached hydrogens (tertiary/aromatic N) is 6. The summed E-state index contributed by atoms with van der Waals surface area (Å²) in [6, 6.07) is 52.4. The van der Waals surface area contributed by atoms with Crippen molar-refractivity contribution in [2.45, 2.75) is 275 Å². The fourth-order valence-electron chi connectivity index (χ4n) is 10.5. The number of phenolic OH excluding ortho intramolecular Hbond substituents is 2. The molecule has 0 radical (unpaired) electrons. The molecule has 0 saturated carbocycles. The van der Waals surface area contributed by atoms with E-state index < -0.39 is 54.0 Å². The molecule has 30 heteroatoms. The van der Waals surface area contributed by atoms with Gasteiger partial charge in [-0.15, -0.1) is 30.0 Å². The number of aromatic hydroxyl groups is 2. The Hall–Kier alpha value is -14.7. The molecule has 8 aromatic carbocycles. The number of rotatable bonds is 32. The third-order valence-corrected chi connectivity index (χ3v) is 17.8. The van der Waals surface area contributed by atoms with Crippen LogP contribution >= 0.6 is 0 Å². The van der Waals surface area contributed by atoms with Crippen molar-refractivity contribution >= 4 is 87.4 Å². The second-order valence-corrected chi connectivity index (χ2v) is 30.0. The van der Waals surface area contributed by atoms with E-state index in [0.717, 1.165) is 61.1 Å². The van der Waals surface area contributed by atoms with Crippen LogP contribution in [0, 0.1) is 47.5 Å². The maximum atomic E-state index is 12.3. The molecular formula is C118H174N6O24. The van der Waals surface area contributed by atoms with Gasteiger partial charge in [0.1, 0.15) is 90.2 Å². The zero-order valence-electron chi connectivity index (χ0n) is 90.3. The van der Waals surface area contributed by atoms with Crippen LogP contribution < -0.4 is 0 Å². The monoisotopic (exact) mass is 2060 g/mol. The van der Waals surface area contributed by atoms with Crippen LogP contribution in [-0.4, -0.2) is 181 Å². The lowest BCUT2D eigenvalue weighted by molar-refractivity contribution is -0.151. The second-order valence-electron chi connectivity index (χ2n) is 30.0. The molecule has 0 bridgehead atoms. The number of benzene rings is 8. The van der Waals surface area contributed by atoms with Crippen molar-refractivity contribution in [1.82, 2.24) is 30.0 Å². The Bertz CT molecular complexity index is 5330. The van der Waals surface area contributed by atoms with Crippen molar-refractivity contribution < 1.29 is 116 Å². The van der Waals surface area contributed by atoms with Gasteiger partial charge in [-0.2, -0.15) is 0 Å². The number of aryl methyl sites for hydroxylation is 6. The lowest BCUT2D eigenvalue weighted by Crippen LogP contribution is -2.25. The number of hydrogen-bond acceptors (Lipinski definition) is 28. The highest BCUT2D eigenvalue weighted by Crippen LogP contribution is 2.30. The zero-order valence-corrected chi connectivity index (χ0v) is 90.3. The van der Waals surface area contributed by atoms with E-state index in [1.165, 1.54) is 23.4 Å². The molecule has 820 valence electrons.